The molecule has 8 heteroatoms. The first-order valence-electron chi connectivity index (χ1n) is 8.08. The standard InChI is InChI=1S/C19H15ClN4O3/c1-10-22-19(23-27-10)17-16(20)14-9-13(26-2)7-8-15(14)24(17)12-5-3-11(4-6-12)18(21)25/h3-9H,1-2H3,(H2,21,25). The maximum atomic E-state index is 11.4. The zero-order chi connectivity index (χ0) is 19.1. The number of carbonyl (C=O) groups is 1. The number of aryl methyl sites for hydroxylation is 1. The Morgan fingerprint density at radius 3 is 2.56 bits per heavy atom. The smallest absolute Gasteiger partial charge is 0.248 e. The van der Waals surface area contributed by atoms with Gasteiger partial charge in [0, 0.05) is 23.6 Å². The summed E-state index contributed by atoms with van der Waals surface area (Å²) in [5, 5.41) is 5.28. The second-order valence-corrected chi connectivity index (χ2v) is 6.31. The predicted octanol–water partition coefficient (Wildman–Crippen LogP) is 3.75. The van der Waals surface area contributed by atoms with E-state index in [1.54, 1.807) is 38.3 Å². The van der Waals surface area contributed by atoms with Gasteiger partial charge in [-0.1, -0.05) is 16.8 Å². The van der Waals surface area contributed by atoms with Crippen LogP contribution in [0.2, 0.25) is 5.02 Å². The maximum absolute atomic E-state index is 11.4. The number of ether oxygens (including phenoxy) is 1. The summed E-state index contributed by atoms with van der Waals surface area (Å²) in [6.45, 7) is 1.71. The number of halogens is 1. The third kappa shape index (κ3) is 2.82. The number of nitrogens with two attached hydrogens (primary N) is 1. The zero-order valence-electron chi connectivity index (χ0n) is 14.6. The molecule has 0 saturated heterocycles. The molecule has 4 aromatic rings. The molecule has 0 fully saturated rings. The molecule has 2 aromatic carbocycles. The number of hydrogen-bond acceptors (Lipinski definition) is 5. The molecule has 1 amide bonds. The molecular weight excluding hydrogens is 368 g/mol. The second-order valence-electron chi connectivity index (χ2n) is 5.93. The fourth-order valence-corrected chi connectivity index (χ4v) is 3.32. The van der Waals surface area contributed by atoms with Crippen molar-refractivity contribution >= 4 is 28.4 Å². The Bertz CT molecular complexity index is 1160. The van der Waals surface area contributed by atoms with E-state index in [4.69, 9.17) is 26.6 Å². The molecule has 2 N–H and O–H groups in total. The summed E-state index contributed by atoms with van der Waals surface area (Å²) in [4.78, 5) is 15.7. The van der Waals surface area contributed by atoms with Crippen LogP contribution in [0.3, 0.4) is 0 Å². The minimum absolute atomic E-state index is 0.367. The van der Waals surface area contributed by atoms with Gasteiger partial charge in [-0.15, -0.1) is 0 Å². The topological polar surface area (TPSA) is 96.2 Å². The van der Waals surface area contributed by atoms with Crippen molar-refractivity contribution < 1.29 is 14.1 Å². The van der Waals surface area contributed by atoms with E-state index in [0.717, 1.165) is 16.6 Å². The normalized spacial score (nSPS) is 11.1. The molecule has 0 saturated carbocycles. The lowest BCUT2D eigenvalue weighted by atomic mass is 10.2. The van der Waals surface area contributed by atoms with Gasteiger partial charge in [0.2, 0.25) is 17.6 Å². The summed E-state index contributed by atoms with van der Waals surface area (Å²) < 4.78 is 12.4. The van der Waals surface area contributed by atoms with Gasteiger partial charge in [0.1, 0.15) is 11.4 Å². The SMILES string of the molecule is COc1ccc2c(c1)c(Cl)c(-c1noc(C)n1)n2-c1ccc(C(N)=O)cc1. The number of aromatic nitrogens is 3. The summed E-state index contributed by atoms with van der Waals surface area (Å²) in [7, 11) is 1.60. The van der Waals surface area contributed by atoms with E-state index in [2.05, 4.69) is 10.1 Å². The Hall–Kier alpha value is -3.32. The van der Waals surface area contributed by atoms with Crippen LogP contribution in [-0.2, 0) is 0 Å². The molecule has 136 valence electrons. The second kappa shape index (κ2) is 6.44. The molecule has 0 atom stereocenters. The molecule has 0 spiro atoms. The van der Waals surface area contributed by atoms with Crippen LogP contribution in [0.4, 0.5) is 0 Å². The van der Waals surface area contributed by atoms with Crippen LogP contribution in [0.25, 0.3) is 28.1 Å². The Kier molecular flexibility index (Phi) is 4.08. The molecule has 2 aromatic heterocycles. The van der Waals surface area contributed by atoms with Gasteiger partial charge in [-0.2, -0.15) is 4.98 Å². The highest BCUT2D eigenvalue weighted by molar-refractivity contribution is 6.38. The average Bonchev–Trinajstić information content (AvgIpc) is 3.22. The lowest BCUT2D eigenvalue weighted by Gasteiger charge is -2.10. The largest absolute Gasteiger partial charge is 0.497 e. The summed E-state index contributed by atoms with van der Waals surface area (Å²) >= 11 is 6.69. The quantitative estimate of drug-likeness (QED) is 0.579. The highest BCUT2D eigenvalue weighted by atomic mass is 35.5. The van der Waals surface area contributed by atoms with Crippen molar-refractivity contribution in [2.45, 2.75) is 6.92 Å². The Morgan fingerprint density at radius 1 is 1.22 bits per heavy atom. The molecule has 0 bridgehead atoms. The van der Waals surface area contributed by atoms with Gasteiger partial charge in [0.05, 0.1) is 17.6 Å². The maximum Gasteiger partial charge on any atom is 0.248 e. The van der Waals surface area contributed by atoms with Gasteiger partial charge in [0.15, 0.2) is 0 Å². The van der Waals surface area contributed by atoms with Crippen LogP contribution >= 0.6 is 11.6 Å². The van der Waals surface area contributed by atoms with Gasteiger partial charge in [-0.3, -0.25) is 4.79 Å². The third-order valence-electron chi connectivity index (χ3n) is 4.26. The Labute approximate surface area is 159 Å². The molecule has 7 nitrogen and oxygen atoms in total. The molecule has 4 rings (SSSR count). The minimum atomic E-state index is -0.490. The molecule has 0 aliphatic carbocycles. The van der Waals surface area contributed by atoms with Crippen LogP contribution in [0, 0.1) is 6.92 Å². The molecular formula is C19H15ClN4O3. The van der Waals surface area contributed by atoms with Crippen LogP contribution in [0.15, 0.2) is 47.0 Å². The number of amides is 1. The number of methoxy groups -OCH3 is 1. The van der Waals surface area contributed by atoms with E-state index >= 15 is 0 Å². The molecule has 0 unspecified atom stereocenters. The Morgan fingerprint density at radius 2 is 1.96 bits per heavy atom. The first-order chi connectivity index (χ1) is 13.0. The van der Waals surface area contributed by atoms with Crippen LogP contribution in [0.5, 0.6) is 5.75 Å². The van der Waals surface area contributed by atoms with E-state index in [9.17, 15) is 4.79 Å². The fourth-order valence-electron chi connectivity index (χ4n) is 3.00. The molecule has 27 heavy (non-hydrogen) atoms. The fraction of sp³-hybridized carbons (Fsp3) is 0.105. The number of primary amides is 1. The number of fused-ring (bicyclic) bond motifs is 1. The van der Waals surface area contributed by atoms with Crippen molar-refractivity contribution in [2.75, 3.05) is 7.11 Å². The number of rotatable bonds is 4. The number of hydrogen-bond donors (Lipinski definition) is 1. The van der Waals surface area contributed by atoms with Gasteiger partial charge < -0.3 is 19.6 Å². The average molecular weight is 383 g/mol. The first-order valence-corrected chi connectivity index (χ1v) is 8.46. The van der Waals surface area contributed by atoms with Crippen molar-refractivity contribution in [1.82, 2.24) is 14.7 Å². The van der Waals surface area contributed by atoms with E-state index in [-0.39, 0.29) is 0 Å². The van der Waals surface area contributed by atoms with E-state index in [1.807, 2.05) is 22.8 Å². The first kappa shape index (κ1) is 17.1. The highest BCUT2D eigenvalue weighted by Gasteiger charge is 2.23. The monoisotopic (exact) mass is 382 g/mol. The van der Waals surface area contributed by atoms with E-state index in [1.165, 1.54) is 0 Å². The van der Waals surface area contributed by atoms with Crippen molar-refractivity contribution in [2.24, 2.45) is 5.73 Å². The van der Waals surface area contributed by atoms with Crippen molar-refractivity contribution in [3.8, 4) is 23.0 Å². The van der Waals surface area contributed by atoms with Crippen molar-refractivity contribution in [1.29, 1.82) is 0 Å². The molecule has 0 aliphatic rings. The number of benzene rings is 2. The van der Waals surface area contributed by atoms with Crippen molar-refractivity contribution in [3.05, 3.63) is 58.9 Å². The van der Waals surface area contributed by atoms with Gasteiger partial charge in [0.25, 0.3) is 0 Å². The van der Waals surface area contributed by atoms with Crippen LogP contribution < -0.4 is 10.5 Å². The van der Waals surface area contributed by atoms with Crippen LogP contribution in [0.1, 0.15) is 16.2 Å². The van der Waals surface area contributed by atoms with Crippen molar-refractivity contribution in [3.63, 3.8) is 0 Å². The zero-order valence-corrected chi connectivity index (χ0v) is 15.3. The number of nitrogens with zero attached hydrogens (tertiary/aromatic N) is 3. The third-order valence-corrected chi connectivity index (χ3v) is 4.64. The van der Waals surface area contributed by atoms with Gasteiger partial charge in [-0.25, -0.2) is 0 Å². The van der Waals surface area contributed by atoms with Crippen LogP contribution in [-0.4, -0.2) is 27.7 Å². The molecule has 0 radical (unpaired) electrons. The summed E-state index contributed by atoms with van der Waals surface area (Å²) in [6.07, 6.45) is 0. The summed E-state index contributed by atoms with van der Waals surface area (Å²) in [5.74, 6) is 0.989. The highest BCUT2D eigenvalue weighted by Crippen LogP contribution is 2.40. The van der Waals surface area contributed by atoms with E-state index in [0.29, 0.717) is 33.7 Å². The Balaban J connectivity index is 2.03. The van der Waals surface area contributed by atoms with Gasteiger partial charge >= 0.3 is 0 Å². The summed E-state index contributed by atoms with van der Waals surface area (Å²) in [6, 6.07) is 12.5. The lowest BCUT2D eigenvalue weighted by molar-refractivity contribution is 0.100. The molecule has 2 heterocycles. The van der Waals surface area contributed by atoms with Gasteiger partial charge in [-0.05, 0) is 42.5 Å². The molecule has 0 aliphatic heterocycles. The number of carbonyl (C=O) groups excluding carboxylic acids is 1. The summed E-state index contributed by atoms with van der Waals surface area (Å²) in [5.41, 5.74) is 7.96. The van der Waals surface area contributed by atoms with E-state index < -0.39 is 5.91 Å². The minimum Gasteiger partial charge on any atom is -0.497 e. The predicted molar refractivity (Wildman–Crippen MR) is 101 cm³/mol. The lowest BCUT2D eigenvalue weighted by Crippen LogP contribution is -2.10.